The van der Waals surface area contributed by atoms with Crippen LogP contribution in [0.2, 0.25) is 0 Å². The highest BCUT2D eigenvalue weighted by Crippen LogP contribution is 2.37. The van der Waals surface area contributed by atoms with Gasteiger partial charge < -0.3 is 0 Å². The zero-order valence-electron chi connectivity index (χ0n) is 13.9. The maximum atomic E-state index is 13.3. The number of thioether (sulfide) groups is 1. The number of rotatable bonds is 5. The summed E-state index contributed by atoms with van der Waals surface area (Å²) >= 11 is 0.833. The molecule has 0 fully saturated rings. The van der Waals surface area contributed by atoms with Crippen LogP contribution in [0.5, 0.6) is 0 Å². The SMILES string of the molecule is N#Cc1c(-c2ccccc2)cc(C(F)(F)F)nc1SCn1cc([N+](=O)[O-])cn1. The summed E-state index contributed by atoms with van der Waals surface area (Å²) in [7, 11) is 0. The number of nitrogens with zero attached hydrogens (tertiary/aromatic N) is 5. The predicted molar refractivity (Wildman–Crippen MR) is 94.1 cm³/mol. The molecule has 0 bridgehead atoms. The summed E-state index contributed by atoms with van der Waals surface area (Å²) < 4.78 is 41.1. The second-order valence-corrected chi connectivity index (χ2v) is 6.41. The van der Waals surface area contributed by atoms with Gasteiger partial charge in [0, 0.05) is 5.56 Å². The molecule has 0 aliphatic carbocycles. The number of pyridine rings is 1. The van der Waals surface area contributed by atoms with E-state index in [0.29, 0.717) is 5.56 Å². The maximum absolute atomic E-state index is 13.3. The van der Waals surface area contributed by atoms with Gasteiger partial charge in [-0.3, -0.25) is 14.8 Å². The molecular weight excluding hydrogens is 395 g/mol. The molecule has 0 spiro atoms. The lowest BCUT2D eigenvalue weighted by Crippen LogP contribution is -2.10. The van der Waals surface area contributed by atoms with Crippen LogP contribution in [0.4, 0.5) is 18.9 Å². The van der Waals surface area contributed by atoms with Gasteiger partial charge in [-0.05, 0) is 11.6 Å². The van der Waals surface area contributed by atoms with Crippen molar-refractivity contribution in [2.45, 2.75) is 17.1 Å². The molecule has 1 aromatic carbocycles. The average molecular weight is 405 g/mol. The second-order valence-electron chi connectivity index (χ2n) is 5.48. The third-order valence-corrected chi connectivity index (χ3v) is 4.60. The van der Waals surface area contributed by atoms with Crippen molar-refractivity contribution >= 4 is 17.4 Å². The van der Waals surface area contributed by atoms with Crippen LogP contribution in [0.25, 0.3) is 11.1 Å². The number of nitriles is 1. The van der Waals surface area contributed by atoms with Gasteiger partial charge in [-0.2, -0.15) is 23.5 Å². The molecule has 0 aliphatic rings. The number of alkyl halides is 3. The first-order valence-electron chi connectivity index (χ1n) is 7.67. The molecule has 2 heterocycles. The van der Waals surface area contributed by atoms with Gasteiger partial charge in [0.1, 0.15) is 29.2 Å². The van der Waals surface area contributed by atoms with Crippen molar-refractivity contribution in [1.82, 2.24) is 14.8 Å². The van der Waals surface area contributed by atoms with Crippen molar-refractivity contribution in [2.24, 2.45) is 0 Å². The Kier molecular flexibility index (Phi) is 5.32. The fourth-order valence-corrected chi connectivity index (χ4v) is 3.23. The summed E-state index contributed by atoms with van der Waals surface area (Å²) in [5.74, 6) is -0.0505. The quantitative estimate of drug-likeness (QED) is 0.352. The molecule has 0 unspecified atom stereocenters. The van der Waals surface area contributed by atoms with Crippen LogP contribution in [0, 0.1) is 21.4 Å². The molecule has 0 saturated heterocycles. The molecule has 7 nitrogen and oxygen atoms in total. The molecule has 0 radical (unpaired) electrons. The number of benzene rings is 1. The fourth-order valence-electron chi connectivity index (χ4n) is 2.37. The van der Waals surface area contributed by atoms with E-state index < -0.39 is 16.8 Å². The molecule has 3 rings (SSSR count). The van der Waals surface area contributed by atoms with Gasteiger partial charge in [-0.15, -0.1) is 0 Å². The van der Waals surface area contributed by atoms with Crippen molar-refractivity contribution in [3.8, 4) is 17.2 Å². The zero-order valence-corrected chi connectivity index (χ0v) is 14.7. The van der Waals surface area contributed by atoms with E-state index in [1.807, 2.05) is 6.07 Å². The van der Waals surface area contributed by atoms with E-state index in [-0.39, 0.29) is 27.7 Å². The highest BCUT2D eigenvalue weighted by atomic mass is 32.2. The molecule has 0 amide bonds. The van der Waals surface area contributed by atoms with E-state index in [0.717, 1.165) is 30.2 Å². The number of hydrogen-bond acceptors (Lipinski definition) is 6. The summed E-state index contributed by atoms with van der Waals surface area (Å²) in [5, 5.41) is 23.9. The third kappa shape index (κ3) is 4.12. The highest BCUT2D eigenvalue weighted by Gasteiger charge is 2.34. The Morgan fingerprint density at radius 1 is 1.29 bits per heavy atom. The van der Waals surface area contributed by atoms with Crippen LogP contribution in [0.1, 0.15) is 11.3 Å². The third-order valence-electron chi connectivity index (χ3n) is 3.64. The molecular formula is C17H10F3N5O2S. The number of aromatic nitrogens is 3. The standard InChI is InChI=1S/C17H10F3N5O2S/c18-17(19,20)15-6-13(11-4-2-1-3-5-11)14(7-21)16(23-15)28-10-24-9-12(8-22-24)25(26)27/h1-6,8-9H,10H2. The Morgan fingerprint density at radius 3 is 2.57 bits per heavy atom. The van der Waals surface area contributed by atoms with Crippen LogP contribution < -0.4 is 0 Å². The number of hydrogen-bond donors (Lipinski definition) is 0. The van der Waals surface area contributed by atoms with E-state index in [1.165, 1.54) is 4.68 Å². The molecule has 2 aromatic heterocycles. The van der Waals surface area contributed by atoms with Crippen molar-refractivity contribution < 1.29 is 18.1 Å². The minimum absolute atomic E-state index is 0.00847. The lowest BCUT2D eigenvalue weighted by atomic mass is 10.0. The molecule has 0 atom stereocenters. The summed E-state index contributed by atoms with van der Waals surface area (Å²) in [5.41, 5.74) is -0.823. The zero-order chi connectivity index (χ0) is 20.3. The van der Waals surface area contributed by atoms with Gasteiger partial charge in [0.2, 0.25) is 0 Å². The molecule has 0 N–H and O–H groups in total. The van der Waals surface area contributed by atoms with E-state index in [4.69, 9.17) is 0 Å². The Morgan fingerprint density at radius 2 is 2.00 bits per heavy atom. The molecule has 11 heteroatoms. The second kappa shape index (κ2) is 7.69. The molecule has 0 aliphatic heterocycles. The Hall–Kier alpha value is -3.39. The van der Waals surface area contributed by atoms with Gasteiger partial charge >= 0.3 is 11.9 Å². The van der Waals surface area contributed by atoms with Gasteiger partial charge in [-0.25, -0.2) is 4.98 Å². The fraction of sp³-hybridized carbons (Fsp3) is 0.118. The molecule has 0 saturated carbocycles. The maximum Gasteiger partial charge on any atom is 0.433 e. The smallest absolute Gasteiger partial charge is 0.258 e. The summed E-state index contributed by atoms with van der Waals surface area (Å²) in [6, 6.07) is 11.0. The summed E-state index contributed by atoms with van der Waals surface area (Å²) in [6.45, 7) is 0. The van der Waals surface area contributed by atoms with Crippen LogP contribution in [0.3, 0.4) is 0 Å². The first-order valence-corrected chi connectivity index (χ1v) is 8.65. The van der Waals surface area contributed by atoms with Crippen molar-refractivity contribution in [3.05, 3.63) is 70.2 Å². The van der Waals surface area contributed by atoms with Gasteiger partial charge in [0.15, 0.2) is 0 Å². The van der Waals surface area contributed by atoms with Crippen LogP contribution in [0.15, 0.2) is 53.8 Å². The average Bonchev–Trinajstić information content (AvgIpc) is 3.15. The van der Waals surface area contributed by atoms with Gasteiger partial charge in [0.05, 0.1) is 16.4 Å². The molecule has 142 valence electrons. The Bertz CT molecular complexity index is 1060. The number of halogens is 3. The first-order chi connectivity index (χ1) is 13.3. The highest BCUT2D eigenvalue weighted by molar-refractivity contribution is 7.98. The van der Waals surface area contributed by atoms with Crippen LogP contribution in [-0.2, 0) is 12.1 Å². The van der Waals surface area contributed by atoms with Gasteiger partial charge in [-0.1, -0.05) is 42.1 Å². The van der Waals surface area contributed by atoms with Crippen LogP contribution >= 0.6 is 11.8 Å². The van der Waals surface area contributed by atoms with E-state index in [9.17, 15) is 28.5 Å². The monoisotopic (exact) mass is 405 g/mol. The van der Waals surface area contributed by atoms with Gasteiger partial charge in [0.25, 0.3) is 0 Å². The lowest BCUT2D eigenvalue weighted by Gasteiger charge is -2.13. The Labute approximate surface area is 160 Å². The van der Waals surface area contributed by atoms with E-state index in [1.54, 1.807) is 30.3 Å². The van der Waals surface area contributed by atoms with Crippen molar-refractivity contribution in [2.75, 3.05) is 0 Å². The van der Waals surface area contributed by atoms with E-state index >= 15 is 0 Å². The molecule has 3 aromatic rings. The first kappa shape index (κ1) is 19.4. The normalized spacial score (nSPS) is 11.2. The molecule has 28 heavy (non-hydrogen) atoms. The topological polar surface area (TPSA) is 97.6 Å². The minimum Gasteiger partial charge on any atom is -0.258 e. The number of nitro groups is 1. The van der Waals surface area contributed by atoms with Crippen molar-refractivity contribution in [3.63, 3.8) is 0 Å². The summed E-state index contributed by atoms with van der Waals surface area (Å²) in [4.78, 5) is 13.7. The largest absolute Gasteiger partial charge is 0.433 e. The predicted octanol–water partition coefficient (Wildman–Crippen LogP) is 4.49. The van der Waals surface area contributed by atoms with E-state index in [2.05, 4.69) is 10.1 Å². The minimum atomic E-state index is -4.70. The summed E-state index contributed by atoms with van der Waals surface area (Å²) in [6.07, 6.45) is -2.52. The lowest BCUT2D eigenvalue weighted by molar-refractivity contribution is -0.385. The van der Waals surface area contributed by atoms with Crippen LogP contribution in [-0.4, -0.2) is 19.7 Å². The Balaban J connectivity index is 2.03. The van der Waals surface area contributed by atoms with Crippen molar-refractivity contribution in [1.29, 1.82) is 5.26 Å².